The molecule has 0 aliphatic rings. The average molecular weight is 510 g/mol. The minimum atomic E-state index is -1.05. The van der Waals surface area contributed by atoms with Crippen molar-refractivity contribution in [3.63, 3.8) is 0 Å². The first kappa shape index (κ1) is 27.1. The van der Waals surface area contributed by atoms with E-state index in [1.807, 2.05) is 93.0 Å². The van der Waals surface area contributed by atoms with Gasteiger partial charge in [-0.25, -0.2) is 4.79 Å². The van der Waals surface area contributed by atoms with Gasteiger partial charge in [-0.15, -0.1) is 0 Å². The molecule has 0 aromatic heterocycles. The number of aliphatic hydroxyl groups is 1. The molecule has 5 heteroatoms. The monoisotopic (exact) mass is 509 g/mol. The third kappa shape index (κ3) is 6.88. The van der Waals surface area contributed by atoms with Crippen molar-refractivity contribution in [2.75, 3.05) is 27.2 Å². The molecule has 4 aromatic carbocycles. The summed E-state index contributed by atoms with van der Waals surface area (Å²) in [4.78, 5) is 13.2. The van der Waals surface area contributed by atoms with Crippen LogP contribution < -0.4 is 4.74 Å². The molecule has 0 saturated carbocycles. The highest BCUT2D eigenvalue weighted by atomic mass is 16.5. The van der Waals surface area contributed by atoms with Gasteiger partial charge in [-0.3, -0.25) is 0 Å². The molecule has 0 unspecified atom stereocenters. The minimum absolute atomic E-state index is 0.282. The van der Waals surface area contributed by atoms with Gasteiger partial charge in [0.05, 0.1) is 12.2 Å². The highest BCUT2D eigenvalue weighted by Crippen LogP contribution is 2.35. The van der Waals surface area contributed by atoms with Crippen LogP contribution >= 0.6 is 0 Å². The molecular weight excluding hydrogens is 474 g/mol. The SMILES string of the molecule is CN(C)CCC[C@](O)(c1ccccc1)c1ccc(OCCc2ccc(-c3ccc(C(=O)O)cc3)cc2)cc1. The second-order valence-corrected chi connectivity index (χ2v) is 9.84. The molecule has 0 radical (unpaired) electrons. The van der Waals surface area contributed by atoms with Crippen LogP contribution in [0.5, 0.6) is 5.75 Å². The Morgan fingerprint density at radius 1 is 0.789 bits per heavy atom. The maximum atomic E-state index is 11.7. The topological polar surface area (TPSA) is 70.0 Å². The second kappa shape index (κ2) is 12.5. The summed E-state index contributed by atoms with van der Waals surface area (Å²) >= 11 is 0. The lowest BCUT2D eigenvalue weighted by Gasteiger charge is -2.30. The van der Waals surface area contributed by atoms with Crippen molar-refractivity contribution in [3.05, 3.63) is 125 Å². The number of rotatable bonds is 12. The number of aromatic carboxylic acids is 1. The van der Waals surface area contributed by atoms with Gasteiger partial charge in [0.2, 0.25) is 0 Å². The lowest BCUT2D eigenvalue weighted by molar-refractivity contribution is 0.0663. The highest BCUT2D eigenvalue weighted by molar-refractivity contribution is 5.88. The first-order valence-corrected chi connectivity index (χ1v) is 12.9. The zero-order chi connectivity index (χ0) is 27.0. The summed E-state index contributed by atoms with van der Waals surface area (Å²) < 4.78 is 6.00. The molecule has 0 aliphatic carbocycles. The second-order valence-electron chi connectivity index (χ2n) is 9.84. The molecule has 0 saturated heterocycles. The molecular formula is C33H35NO4. The molecule has 4 aromatic rings. The predicted octanol–water partition coefficient (Wildman–Crippen LogP) is 6.25. The zero-order valence-corrected chi connectivity index (χ0v) is 22.0. The molecule has 5 nitrogen and oxygen atoms in total. The molecule has 1 atom stereocenters. The minimum Gasteiger partial charge on any atom is -0.493 e. The Morgan fingerprint density at radius 2 is 1.37 bits per heavy atom. The Hall–Kier alpha value is -3.93. The fourth-order valence-corrected chi connectivity index (χ4v) is 4.60. The molecule has 4 rings (SSSR count). The van der Waals surface area contributed by atoms with Crippen LogP contribution in [0.4, 0.5) is 0 Å². The van der Waals surface area contributed by atoms with Crippen LogP contribution in [0.1, 0.15) is 39.9 Å². The van der Waals surface area contributed by atoms with E-state index < -0.39 is 11.6 Å². The summed E-state index contributed by atoms with van der Waals surface area (Å²) in [6.07, 6.45) is 2.27. The Bertz CT molecular complexity index is 1300. The van der Waals surface area contributed by atoms with Crippen molar-refractivity contribution in [2.45, 2.75) is 24.9 Å². The zero-order valence-electron chi connectivity index (χ0n) is 22.0. The van der Waals surface area contributed by atoms with Crippen molar-refractivity contribution < 1.29 is 19.7 Å². The van der Waals surface area contributed by atoms with Gasteiger partial charge in [0, 0.05) is 6.42 Å². The van der Waals surface area contributed by atoms with Crippen molar-refractivity contribution in [1.29, 1.82) is 0 Å². The summed E-state index contributed by atoms with van der Waals surface area (Å²) in [6, 6.07) is 32.8. The number of carboxylic acid groups (broad SMARTS) is 1. The van der Waals surface area contributed by atoms with E-state index in [0.29, 0.717) is 13.0 Å². The van der Waals surface area contributed by atoms with Crippen LogP contribution in [0.25, 0.3) is 11.1 Å². The Labute approximate surface area is 225 Å². The maximum absolute atomic E-state index is 11.7. The molecule has 0 amide bonds. The van der Waals surface area contributed by atoms with E-state index in [-0.39, 0.29) is 5.56 Å². The largest absolute Gasteiger partial charge is 0.493 e. The highest BCUT2D eigenvalue weighted by Gasteiger charge is 2.31. The lowest BCUT2D eigenvalue weighted by Crippen LogP contribution is -2.28. The van der Waals surface area contributed by atoms with Crippen LogP contribution in [0.3, 0.4) is 0 Å². The van der Waals surface area contributed by atoms with Gasteiger partial charge in [0.1, 0.15) is 11.4 Å². The van der Waals surface area contributed by atoms with E-state index in [2.05, 4.69) is 17.0 Å². The molecule has 0 heterocycles. The van der Waals surface area contributed by atoms with E-state index in [1.165, 1.54) is 0 Å². The van der Waals surface area contributed by atoms with Gasteiger partial charge >= 0.3 is 5.97 Å². The molecule has 0 spiro atoms. The number of hydrogen-bond donors (Lipinski definition) is 2. The number of ether oxygens (including phenoxy) is 1. The molecule has 0 bridgehead atoms. The van der Waals surface area contributed by atoms with Crippen molar-refractivity contribution >= 4 is 5.97 Å². The number of nitrogens with zero attached hydrogens (tertiary/aromatic N) is 1. The van der Waals surface area contributed by atoms with Crippen LogP contribution in [0, 0.1) is 0 Å². The summed E-state index contributed by atoms with van der Waals surface area (Å²) in [5.41, 5.74) is 4.17. The van der Waals surface area contributed by atoms with Gasteiger partial charge in [-0.2, -0.15) is 0 Å². The van der Waals surface area contributed by atoms with Crippen LogP contribution in [0.15, 0.2) is 103 Å². The fourth-order valence-electron chi connectivity index (χ4n) is 4.60. The fraction of sp³-hybridized carbons (Fsp3) is 0.242. The van der Waals surface area contributed by atoms with E-state index >= 15 is 0 Å². The summed E-state index contributed by atoms with van der Waals surface area (Å²) in [6.45, 7) is 1.45. The first-order valence-electron chi connectivity index (χ1n) is 12.9. The van der Waals surface area contributed by atoms with Gasteiger partial charge in [0.15, 0.2) is 0 Å². The third-order valence-electron chi connectivity index (χ3n) is 6.81. The van der Waals surface area contributed by atoms with Gasteiger partial charge < -0.3 is 19.8 Å². The smallest absolute Gasteiger partial charge is 0.335 e. The van der Waals surface area contributed by atoms with Crippen molar-refractivity contribution in [2.24, 2.45) is 0 Å². The quantitative estimate of drug-likeness (QED) is 0.236. The van der Waals surface area contributed by atoms with Crippen molar-refractivity contribution in [3.8, 4) is 16.9 Å². The third-order valence-corrected chi connectivity index (χ3v) is 6.81. The standard InChI is InChI=1S/C33H35NO4/c1-34(2)23-6-22-33(37,29-7-4-3-5-8-29)30-17-19-31(20-18-30)38-24-21-25-9-11-26(12-10-25)27-13-15-28(16-14-27)32(35)36/h3-5,7-20,37H,6,21-24H2,1-2H3,(H,35,36)/t33-/m0/s1. The Kier molecular flexibility index (Phi) is 8.95. The molecule has 38 heavy (non-hydrogen) atoms. The number of benzene rings is 4. The number of hydrogen-bond acceptors (Lipinski definition) is 4. The van der Waals surface area contributed by atoms with E-state index in [0.717, 1.165) is 53.0 Å². The maximum Gasteiger partial charge on any atom is 0.335 e. The molecule has 196 valence electrons. The number of carbonyl (C=O) groups is 1. The van der Waals surface area contributed by atoms with Crippen LogP contribution in [0.2, 0.25) is 0 Å². The normalized spacial score (nSPS) is 12.7. The van der Waals surface area contributed by atoms with E-state index in [4.69, 9.17) is 9.84 Å². The summed E-state index contributed by atoms with van der Waals surface area (Å²) in [5, 5.41) is 20.8. The van der Waals surface area contributed by atoms with Crippen molar-refractivity contribution in [1.82, 2.24) is 4.90 Å². The first-order chi connectivity index (χ1) is 18.3. The van der Waals surface area contributed by atoms with E-state index in [9.17, 15) is 9.90 Å². The van der Waals surface area contributed by atoms with Gasteiger partial charge in [-0.1, -0.05) is 78.9 Å². The van der Waals surface area contributed by atoms with Crippen LogP contribution in [-0.4, -0.2) is 48.3 Å². The lowest BCUT2D eigenvalue weighted by atomic mass is 9.82. The molecule has 2 N–H and O–H groups in total. The van der Waals surface area contributed by atoms with Crippen LogP contribution in [-0.2, 0) is 12.0 Å². The molecule has 0 fully saturated rings. The molecule has 0 aliphatic heterocycles. The number of carboxylic acids is 1. The summed E-state index contributed by atoms with van der Waals surface area (Å²) in [5.74, 6) is -0.152. The average Bonchev–Trinajstić information content (AvgIpc) is 2.94. The predicted molar refractivity (Wildman–Crippen MR) is 152 cm³/mol. The Balaban J connectivity index is 1.35. The Morgan fingerprint density at radius 3 is 1.95 bits per heavy atom. The summed E-state index contributed by atoms with van der Waals surface area (Å²) in [7, 11) is 4.09. The van der Waals surface area contributed by atoms with Gasteiger partial charge in [0.25, 0.3) is 0 Å². The van der Waals surface area contributed by atoms with E-state index in [1.54, 1.807) is 12.1 Å². The van der Waals surface area contributed by atoms with Gasteiger partial charge in [-0.05, 0) is 85.6 Å².